The Morgan fingerprint density at radius 2 is 1.85 bits per heavy atom. The van der Waals surface area contributed by atoms with E-state index in [1.54, 1.807) is 11.3 Å². The highest BCUT2D eigenvalue weighted by atomic mass is 32.1. The molecule has 4 aromatic heterocycles. The Bertz CT molecular complexity index is 1500. The lowest BCUT2D eigenvalue weighted by molar-refractivity contribution is 0.0937. The molecule has 6 heterocycles. The smallest absolute Gasteiger partial charge is 0.261 e. The van der Waals surface area contributed by atoms with Crippen molar-refractivity contribution in [1.29, 1.82) is 0 Å². The van der Waals surface area contributed by atoms with Gasteiger partial charge in [-0.25, -0.2) is 9.97 Å². The van der Waals surface area contributed by atoms with Crippen molar-refractivity contribution in [2.45, 2.75) is 44.6 Å². The fraction of sp³-hybridized carbons (Fsp3) is 0.452. The Morgan fingerprint density at radius 3 is 2.68 bits per heavy atom. The van der Waals surface area contributed by atoms with E-state index in [2.05, 4.69) is 72.2 Å². The molecule has 9 nitrogen and oxygen atoms in total. The van der Waals surface area contributed by atoms with Crippen LogP contribution in [0.1, 0.15) is 45.8 Å². The van der Waals surface area contributed by atoms with E-state index in [1.165, 1.54) is 23.3 Å². The number of amides is 1. The summed E-state index contributed by atoms with van der Waals surface area (Å²) in [6, 6.07) is 8.61. The molecule has 1 amide bonds. The molecule has 3 aliphatic rings. The number of aromatic nitrogens is 3. The summed E-state index contributed by atoms with van der Waals surface area (Å²) in [7, 11) is 2.17. The predicted molar refractivity (Wildman–Crippen MR) is 166 cm³/mol. The van der Waals surface area contributed by atoms with Crippen LogP contribution in [0, 0.1) is 0 Å². The van der Waals surface area contributed by atoms with Crippen LogP contribution >= 0.6 is 11.3 Å². The second-order valence-corrected chi connectivity index (χ2v) is 12.7. The van der Waals surface area contributed by atoms with Gasteiger partial charge < -0.3 is 29.7 Å². The van der Waals surface area contributed by atoms with Crippen LogP contribution in [-0.4, -0.2) is 77.5 Å². The molecule has 2 saturated heterocycles. The number of anilines is 4. The van der Waals surface area contributed by atoms with Crippen LogP contribution in [0.5, 0.6) is 0 Å². The van der Waals surface area contributed by atoms with Gasteiger partial charge >= 0.3 is 0 Å². The van der Waals surface area contributed by atoms with E-state index in [0.29, 0.717) is 0 Å². The number of likely N-dealkylation sites (N-methyl/N-ethyl adjacent to an activating group) is 1. The lowest BCUT2D eigenvalue weighted by atomic mass is 9.99. The second-order valence-electron chi connectivity index (χ2n) is 11.6. The number of carbonyl (C=O) groups is 1. The van der Waals surface area contributed by atoms with E-state index in [4.69, 9.17) is 4.98 Å². The fourth-order valence-electron chi connectivity index (χ4n) is 6.32. The third-order valence-electron chi connectivity index (χ3n) is 8.69. The van der Waals surface area contributed by atoms with Gasteiger partial charge in [-0.3, -0.25) is 4.79 Å². The maximum Gasteiger partial charge on any atom is 0.261 e. The molecule has 2 aliphatic heterocycles. The number of carbonyl (C=O) groups excluding carboxylic acids is 1. The van der Waals surface area contributed by atoms with E-state index < -0.39 is 0 Å². The van der Waals surface area contributed by atoms with Gasteiger partial charge in [-0.05, 0) is 75.4 Å². The van der Waals surface area contributed by atoms with Crippen LogP contribution < -0.4 is 20.4 Å². The summed E-state index contributed by atoms with van der Waals surface area (Å²) in [4.78, 5) is 31.9. The molecule has 2 N–H and O–H groups in total. The molecule has 2 fully saturated rings. The highest BCUT2D eigenvalue weighted by molar-refractivity contribution is 7.14. The number of pyridine rings is 2. The molecule has 1 aliphatic carbocycles. The molecule has 0 saturated carbocycles. The Balaban J connectivity index is 1.05. The molecule has 1 atom stereocenters. The number of piperazine rings is 1. The summed E-state index contributed by atoms with van der Waals surface area (Å²) in [5.41, 5.74) is 5.43. The van der Waals surface area contributed by atoms with Gasteiger partial charge in [0.2, 0.25) is 0 Å². The number of thiophene rings is 1. The van der Waals surface area contributed by atoms with Gasteiger partial charge in [-0.15, -0.1) is 11.3 Å². The maximum absolute atomic E-state index is 13.2. The SMILES string of the molecule is CN1CCN(c2ccc(Nc3cc(N4CCCC(NC(=O)c5cc6c(s5)CCCC6)C4)cn4ccnc34)nc2)CC1. The molecule has 0 bridgehead atoms. The number of hydrogen-bond acceptors (Lipinski definition) is 8. The van der Waals surface area contributed by atoms with Gasteiger partial charge in [-0.1, -0.05) is 0 Å². The standard InChI is InChI=1S/C31H38N8OS/c1-36-13-15-37(16-14-36)24-8-9-29(33-19-24)35-26-18-25(21-39-12-10-32-30(26)39)38-11-4-6-23(20-38)34-31(40)28-17-22-5-2-3-7-27(22)41-28/h8-10,12,17-19,21,23H,2-7,11,13-16,20H2,1H3,(H,33,35)(H,34,40). The number of imidazole rings is 1. The average molecular weight is 571 g/mol. The van der Waals surface area contributed by atoms with E-state index in [-0.39, 0.29) is 11.9 Å². The Morgan fingerprint density at radius 1 is 0.976 bits per heavy atom. The molecule has 41 heavy (non-hydrogen) atoms. The Kier molecular flexibility index (Phi) is 7.26. The first kappa shape index (κ1) is 26.3. The minimum absolute atomic E-state index is 0.0785. The van der Waals surface area contributed by atoms with Crippen LogP contribution in [0.25, 0.3) is 5.65 Å². The molecule has 0 spiro atoms. The molecular weight excluding hydrogens is 532 g/mol. The van der Waals surface area contributed by atoms with Gasteiger partial charge in [0.15, 0.2) is 5.65 Å². The van der Waals surface area contributed by atoms with Crippen LogP contribution in [0.4, 0.5) is 22.9 Å². The van der Waals surface area contributed by atoms with Crippen LogP contribution in [0.3, 0.4) is 0 Å². The third-order valence-corrected chi connectivity index (χ3v) is 9.93. The number of piperidine rings is 1. The van der Waals surface area contributed by atoms with E-state index in [0.717, 1.165) is 98.4 Å². The minimum Gasteiger partial charge on any atom is -0.368 e. The molecule has 0 radical (unpaired) electrons. The second kappa shape index (κ2) is 11.3. The summed E-state index contributed by atoms with van der Waals surface area (Å²) in [6.07, 6.45) is 14.6. The summed E-state index contributed by atoms with van der Waals surface area (Å²) in [5, 5.41) is 6.87. The van der Waals surface area contributed by atoms with Crippen molar-refractivity contribution in [3.05, 3.63) is 64.4 Å². The molecule has 1 unspecified atom stereocenters. The van der Waals surface area contributed by atoms with Crippen molar-refractivity contribution in [3.63, 3.8) is 0 Å². The summed E-state index contributed by atoms with van der Waals surface area (Å²) >= 11 is 1.69. The first-order valence-corrected chi connectivity index (χ1v) is 15.7. The first-order chi connectivity index (χ1) is 20.1. The monoisotopic (exact) mass is 570 g/mol. The lowest BCUT2D eigenvalue weighted by Crippen LogP contribution is -2.47. The van der Waals surface area contributed by atoms with Crippen molar-refractivity contribution < 1.29 is 4.79 Å². The number of fused-ring (bicyclic) bond motifs is 2. The van der Waals surface area contributed by atoms with Crippen LogP contribution in [0.2, 0.25) is 0 Å². The summed E-state index contributed by atoms with van der Waals surface area (Å²) in [5.74, 6) is 0.877. The average Bonchev–Trinajstić information content (AvgIpc) is 3.66. The fourth-order valence-corrected chi connectivity index (χ4v) is 7.48. The summed E-state index contributed by atoms with van der Waals surface area (Å²) in [6.45, 7) is 5.93. The zero-order chi connectivity index (χ0) is 27.8. The largest absolute Gasteiger partial charge is 0.368 e. The van der Waals surface area contributed by atoms with Gasteiger partial charge in [0.1, 0.15) is 5.82 Å². The topological polar surface area (TPSA) is 81.0 Å². The number of rotatable bonds is 6. The van der Waals surface area contributed by atoms with Gasteiger partial charge in [0.05, 0.1) is 28.1 Å². The number of hydrogen-bond donors (Lipinski definition) is 2. The number of nitrogens with one attached hydrogen (secondary N) is 2. The maximum atomic E-state index is 13.2. The van der Waals surface area contributed by atoms with Crippen LogP contribution in [-0.2, 0) is 12.8 Å². The number of aryl methyl sites for hydroxylation is 2. The zero-order valence-electron chi connectivity index (χ0n) is 23.7. The third kappa shape index (κ3) is 5.63. The van der Waals surface area contributed by atoms with Crippen molar-refractivity contribution in [3.8, 4) is 0 Å². The van der Waals surface area contributed by atoms with Crippen molar-refractivity contribution in [2.75, 3.05) is 61.4 Å². The zero-order valence-corrected chi connectivity index (χ0v) is 24.5. The predicted octanol–water partition coefficient (Wildman–Crippen LogP) is 4.56. The van der Waals surface area contributed by atoms with Crippen molar-refractivity contribution in [1.82, 2.24) is 24.6 Å². The lowest BCUT2D eigenvalue weighted by Gasteiger charge is -2.35. The van der Waals surface area contributed by atoms with E-state index >= 15 is 0 Å². The minimum atomic E-state index is 0.0785. The van der Waals surface area contributed by atoms with Crippen molar-refractivity contribution in [2.24, 2.45) is 0 Å². The van der Waals surface area contributed by atoms with E-state index in [1.807, 2.05) is 18.6 Å². The molecular formula is C31H38N8OS. The Labute approximate surface area is 245 Å². The first-order valence-electron chi connectivity index (χ1n) is 14.9. The molecule has 10 heteroatoms. The molecule has 7 rings (SSSR count). The van der Waals surface area contributed by atoms with Gasteiger partial charge in [0.25, 0.3) is 5.91 Å². The van der Waals surface area contributed by atoms with Gasteiger partial charge in [0, 0.05) is 68.8 Å². The van der Waals surface area contributed by atoms with E-state index in [9.17, 15) is 4.79 Å². The number of nitrogens with zero attached hydrogens (tertiary/aromatic N) is 6. The summed E-state index contributed by atoms with van der Waals surface area (Å²) < 4.78 is 2.06. The normalized spacial score (nSPS) is 19.8. The quantitative estimate of drug-likeness (QED) is 0.352. The Hall–Kier alpha value is -3.63. The van der Waals surface area contributed by atoms with Crippen molar-refractivity contribution >= 4 is 45.8 Å². The molecule has 0 aromatic carbocycles. The van der Waals surface area contributed by atoms with Gasteiger partial charge in [-0.2, -0.15) is 0 Å². The molecule has 4 aromatic rings. The molecule has 214 valence electrons. The highest BCUT2D eigenvalue weighted by Gasteiger charge is 2.25. The highest BCUT2D eigenvalue weighted by Crippen LogP contribution is 2.31. The van der Waals surface area contributed by atoms with Crippen LogP contribution in [0.15, 0.2) is 49.1 Å².